The Morgan fingerprint density at radius 2 is 0.365 bits per heavy atom. The summed E-state index contributed by atoms with van der Waals surface area (Å²) in [5, 5.41) is 0. The molecule has 0 atom stereocenters. The zero-order valence-electron chi connectivity index (χ0n) is 41.2. The van der Waals surface area contributed by atoms with Gasteiger partial charge < -0.3 is 25.3 Å². The van der Waals surface area contributed by atoms with Gasteiger partial charge in [-0.25, -0.2) is 0 Å². The van der Waals surface area contributed by atoms with Crippen molar-refractivity contribution in [3.05, 3.63) is 154 Å². The van der Waals surface area contributed by atoms with Gasteiger partial charge in [0.05, 0.1) is 0 Å². The van der Waals surface area contributed by atoms with E-state index in [0.29, 0.717) is 47.3 Å². The second-order valence-electron chi connectivity index (χ2n) is 19.8. The molecule has 0 N–H and O–H groups in total. The standard InChI is InChI=1S/2C30H38S.Fe/c2*1-18(2)22-12-9-13-23(19(3)4)28(22)26-16-11-17-27(30(26)31)29-24(20(5)6)14-10-15-25(29)21(7)8;/h2*9-21,31H,1-8H3;/q;;+2/p-2. The molecule has 0 aliphatic heterocycles. The second-order valence-corrected chi connectivity index (χ2v) is 20.7. The summed E-state index contributed by atoms with van der Waals surface area (Å²) in [6.07, 6.45) is 0. The van der Waals surface area contributed by atoms with Crippen LogP contribution in [0.4, 0.5) is 0 Å². The molecule has 334 valence electrons. The zero-order valence-corrected chi connectivity index (χ0v) is 43.9. The van der Waals surface area contributed by atoms with Gasteiger partial charge in [-0.3, -0.25) is 0 Å². The van der Waals surface area contributed by atoms with Crippen LogP contribution in [-0.2, 0) is 42.3 Å². The monoisotopic (exact) mass is 914 g/mol. The molecule has 0 fully saturated rings. The summed E-state index contributed by atoms with van der Waals surface area (Å²) in [7, 11) is 0. The Morgan fingerprint density at radius 1 is 0.238 bits per heavy atom. The molecule has 0 aliphatic carbocycles. The van der Waals surface area contributed by atoms with Gasteiger partial charge in [0.2, 0.25) is 0 Å². The molecule has 6 aromatic rings. The van der Waals surface area contributed by atoms with E-state index in [4.69, 9.17) is 25.3 Å². The van der Waals surface area contributed by atoms with Gasteiger partial charge in [0.15, 0.2) is 0 Å². The summed E-state index contributed by atoms with van der Waals surface area (Å²) in [5.41, 5.74) is 21.3. The van der Waals surface area contributed by atoms with Crippen LogP contribution in [-0.4, -0.2) is 0 Å². The van der Waals surface area contributed by atoms with E-state index in [1.165, 1.54) is 89.0 Å². The summed E-state index contributed by atoms with van der Waals surface area (Å²) in [5.74, 6) is 3.56. The van der Waals surface area contributed by atoms with Crippen LogP contribution in [0.1, 0.15) is 203 Å². The first-order valence-corrected chi connectivity index (χ1v) is 24.2. The molecule has 0 aromatic heterocycles. The van der Waals surface area contributed by atoms with Crippen molar-refractivity contribution in [3.63, 3.8) is 0 Å². The van der Waals surface area contributed by atoms with Crippen LogP contribution in [0.15, 0.2) is 119 Å². The van der Waals surface area contributed by atoms with Crippen molar-refractivity contribution in [2.75, 3.05) is 0 Å². The molecule has 0 saturated heterocycles. The van der Waals surface area contributed by atoms with Gasteiger partial charge in [-0.1, -0.05) is 220 Å². The van der Waals surface area contributed by atoms with Crippen LogP contribution in [0, 0.1) is 0 Å². The van der Waals surface area contributed by atoms with Crippen LogP contribution >= 0.6 is 0 Å². The minimum absolute atomic E-state index is 0. The minimum atomic E-state index is 0. The Morgan fingerprint density at radius 3 is 0.492 bits per heavy atom. The molecule has 0 unspecified atom stereocenters. The van der Waals surface area contributed by atoms with Crippen molar-refractivity contribution in [3.8, 4) is 44.5 Å². The average molecular weight is 915 g/mol. The maximum atomic E-state index is 6.24. The number of hydrogen-bond acceptors (Lipinski definition) is 2. The van der Waals surface area contributed by atoms with E-state index < -0.39 is 0 Å². The maximum Gasteiger partial charge on any atom is 2.00 e. The van der Waals surface area contributed by atoms with Gasteiger partial charge in [0, 0.05) is 0 Å². The molecule has 6 aromatic carbocycles. The largest absolute Gasteiger partial charge is 2.00 e. The molecule has 6 rings (SSSR count). The van der Waals surface area contributed by atoms with Crippen molar-refractivity contribution in [2.45, 2.75) is 168 Å². The van der Waals surface area contributed by atoms with Crippen molar-refractivity contribution in [1.82, 2.24) is 0 Å². The smallest absolute Gasteiger partial charge is 0.779 e. The summed E-state index contributed by atoms with van der Waals surface area (Å²) in [6, 6.07) is 40.3. The van der Waals surface area contributed by atoms with Crippen LogP contribution in [0.2, 0.25) is 0 Å². The first-order valence-electron chi connectivity index (χ1n) is 23.4. The predicted molar refractivity (Wildman–Crippen MR) is 279 cm³/mol. The third-order valence-corrected chi connectivity index (χ3v) is 13.5. The molecule has 3 heteroatoms. The Hall–Kier alpha value is -3.72. The van der Waals surface area contributed by atoms with Crippen molar-refractivity contribution in [1.29, 1.82) is 0 Å². The van der Waals surface area contributed by atoms with E-state index in [9.17, 15) is 0 Å². The number of hydrogen-bond donors (Lipinski definition) is 0. The van der Waals surface area contributed by atoms with Gasteiger partial charge >= 0.3 is 17.1 Å². The first-order chi connectivity index (χ1) is 29.3. The normalized spacial score (nSPS) is 11.7. The first kappa shape index (κ1) is 51.9. The van der Waals surface area contributed by atoms with E-state index in [1.807, 2.05) is 0 Å². The third-order valence-electron chi connectivity index (χ3n) is 12.6. The number of benzene rings is 6. The molecule has 0 spiro atoms. The Balaban J connectivity index is 0.000000272. The Labute approximate surface area is 405 Å². The predicted octanol–water partition coefficient (Wildman–Crippen LogP) is 18.8. The van der Waals surface area contributed by atoms with Crippen LogP contribution in [0.3, 0.4) is 0 Å². The summed E-state index contributed by atoms with van der Waals surface area (Å²) < 4.78 is 0. The Kier molecular flexibility index (Phi) is 18.5. The Bertz CT molecular complexity index is 2020. The maximum absolute atomic E-state index is 6.24. The molecule has 0 nitrogen and oxygen atoms in total. The SMILES string of the molecule is CC(C)c1cccc(C(C)C)c1-c1cccc(-c2c(C(C)C)cccc2C(C)C)c1[S-].CC(C)c1cccc(C(C)C)c1-c1cccc(-c2c(C(C)C)cccc2C(C)C)c1[S-].[Fe+2]. The molecule has 63 heavy (non-hydrogen) atoms. The molecule has 0 heterocycles. The fourth-order valence-electron chi connectivity index (χ4n) is 9.31. The summed E-state index contributed by atoms with van der Waals surface area (Å²) in [4.78, 5) is 1.96. The van der Waals surface area contributed by atoms with Gasteiger partial charge in [0.1, 0.15) is 0 Å². The molecule has 0 amide bonds. The molecule has 0 radical (unpaired) electrons. The fraction of sp³-hybridized carbons (Fsp3) is 0.400. The minimum Gasteiger partial charge on any atom is -0.779 e. The molecular weight excluding hydrogens is 841 g/mol. The van der Waals surface area contributed by atoms with E-state index in [2.05, 4.69) is 220 Å². The molecule has 0 aliphatic rings. The quantitative estimate of drug-likeness (QED) is 0.0886. The van der Waals surface area contributed by atoms with Crippen molar-refractivity contribution in [2.24, 2.45) is 0 Å². The topological polar surface area (TPSA) is 0 Å². The third kappa shape index (κ3) is 11.2. The summed E-state index contributed by atoms with van der Waals surface area (Å²) >= 11 is 12.5. The van der Waals surface area contributed by atoms with Gasteiger partial charge in [-0.15, -0.1) is 0 Å². The molecule has 0 bridgehead atoms. The number of rotatable bonds is 12. The van der Waals surface area contributed by atoms with Crippen LogP contribution in [0.25, 0.3) is 44.5 Å². The van der Waals surface area contributed by atoms with E-state index in [1.54, 1.807) is 0 Å². The van der Waals surface area contributed by atoms with Crippen LogP contribution < -0.4 is 0 Å². The van der Waals surface area contributed by atoms with Gasteiger partial charge in [-0.2, -0.15) is 9.79 Å². The van der Waals surface area contributed by atoms with Crippen LogP contribution in [0.5, 0.6) is 0 Å². The van der Waals surface area contributed by atoms with Crippen molar-refractivity contribution < 1.29 is 17.1 Å². The molecular formula is C60H74FeS2. The van der Waals surface area contributed by atoms with Gasteiger partial charge in [0.25, 0.3) is 0 Å². The average Bonchev–Trinajstić information content (AvgIpc) is 3.22. The van der Waals surface area contributed by atoms with E-state index in [0.717, 1.165) is 9.79 Å². The van der Waals surface area contributed by atoms with E-state index in [-0.39, 0.29) is 17.1 Å². The van der Waals surface area contributed by atoms with Gasteiger partial charge in [-0.05, 0) is 136 Å². The second kappa shape index (κ2) is 22.5. The molecule has 0 saturated carbocycles. The fourth-order valence-corrected chi connectivity index (χ4v) is 9.99. The van der Waals surface area contributed by atoms with Crippen molar-refractivity contribution >= 4 is 25.3 Å². The zero-order chi connectivity index (χ0) is 45.7. The van der Waals surface area contributed by atoms with E-state index >= 15 is 0 Å². The summed E-state index contributed by atoms with van der Waals surface area (Å²) in [6.45, 7) is 36.5.